The fourth-order valence-electron chi connectivity index (χ4n) is 1.15. The number of rotatable bonds is 4. The first-order valence-electron chi connectivity index (χ1n) is 4.72. The number of phenolic OH excluding ortho intramolecular Hbond substituents is 1. The molecular weight excluding hydrogens is 194 g/mol. The second-order valence-electron chi connectivity index (χ2n) is 3.29. The van der Waals surface area contributed by atoms with E-state index >= 15 is 0 Å². The first-order valence-corrected chi connectivity index (χ1v) is 4.72. The Morgan fingerprint density at radius 2 is 2.27 bits per heavy atom. The van der Waals surface area contributed by atoms with Crippen LogP contribution < -0.4 is 5.32 Å². The fourth-order valence-corrected chi connectivity index (χ4v) is 1.15. The third-order valence-electron chi connectivity index (χ3n) is 2.03. The van der Waals surface area contributed by atoms with E-state index in [0.29, 0.717) is 18.7 Å². The van der Waals surface area contributed by atoms with Gasteiger partial charge in [-0.05, 0) is 18.6 Å². The van der Waals surface area contributed by atoms with Crippen LogP contribution in [0.1, 0.15) is 12.0 Å². The summed E-state index contributed by atoms with van der Waals surface area (Å²) in [5.41, 5.74) is 1.55. The molecule has 0 saturated heterocycles. The molecule has 0 heterocycles. The molecule has 4 nitrogen and oxygen atoms in total. The molecule has 1 rings (SSSR count). The first kappa shape index (κ1) is 11.5. The van der Waals surface area contributed by atoms with Crippen LogP contribution in [-0.4, -0.2) is 24.7 Å². The molecule has 1 aromatic rings. The second kappa shape index (κ2) is 5.36. The van der Waals surface area contributed by atoms with Crippen molar-refractivity contribution in [2.24, 2.45) is 0 Å². The van der Waals surface area contributed by atoms with Gasteiger partial charge in [0.1, 0.15) is 5.75 Å². The number of benzene rings is 1. The van der Waals surface area contributed by atoms with Gasteiger partial charge in [0.05, 0.1) is 13.0 Å². The van der Waals surface area contributed by atoms with Crippen molar-refractivity contribution in [2.75, 3.05) is 19.0 Å². The van der Waals surface area contributed by atoms with E-state index in [-0.39, 0.29) is 11.7 Å². The Kier molecular flexibility index (Phi) is 4.12. The van der Waals surface area contributed by atoms with Crippen LogP contribution in [0.15, 0.2) is 18.2 Å². The molecule has 82 valence electrons. The molecule has 0 atom stereocenters. The van der Waals surface area contributed by atoms with E-state index < -0.39 is 0 Å². The van der Waals surface area contributed by atoms with Gasteiger partial charge in [0.15, 0.2) is 0 Å². The van der Waals surface area contributed by atoms with Crippen molar-refractivity contribution in [2.45, 2.75) is 13.3 Å². The molecular formula is C11H15NO3. The van der Waals surface area contributed by atoms with Crippen LogP contribution in [0.2, 0.25) is 0 Å². The van der Waals surface area contributed by atoms with Crippen molar-refractivity contribution in [3.63, 3.8) is 0 Å². The number of hydrogen-bond acceptors (Lipinski definition) is 3. The standard InChI is InChI=1S/C11H15NO3/c1-8-3-4-9(13)7-10(8)12-11(14)5-6-15-2/h3-4,7,13H,5-6H2,1-2H3,(H,12,14). The van der Waals surface area contributed by atoms with Crippen LogP contribution in [0.25, 0.3) is 0 Å². The topological polar surface area (TPSA) is 58.6 Å². The molecule has 0 unspecified atom stereocenters. The Balaban J connectivity index is 2.63. The van der Waals surface area contributed by atoms with Gasteiger partial charge in [-0.15, -0.1) is 0 Å². The number of methoxy groups -OCH3 is 1. The van der Waals surface area contributed by atoms with E-state index in [2.05, 4.69) is 5.32 Å². The number of carbonyl (C=O) groups is 1. The van der Waals surface area contributed by atoms with Crippen LogP contribution >= 0.6 is 0 Å². The number of carbonyl (C=O) groups excluding carboxylic acids is 1. The van der Waals surface area contributed by atoms with Crippen LogP contribution in [0.5, 0.6) is 5.75 Å². The van der Waals surface area contributed by atoms with Gasteiger partial charge in [-0.3, -0.25) is 4.79 Å². The maximum Gasteiger partial charge on any atom is 0.226 e. The van der Waals surface area contributed by atoms with Crippen LogP contribution in [0.3, 0.4) is 0 Å². The summed E-state index contributed by atoms with van der Waals surface area (Å²) in [6, 6.07) is 4.86. The summed E-state index contributed by atoms with van der Waals surface area (Å²) in [5, 5.41) is 12.0. The largest absolute Gasteiger partial charge is 0.508 e. The number of anilines is 1. The Labute approximate surface area is 88.9 Å². The molecule has 0 aliphatic rings. The Hall–Kier alpha value is -1.55. The molecule has 0 aliphatic carbocycles. The number of nitrogens with one attached hydrogen (secondary N) is 1. The zero-order valence-electron chi connectivity index (χ0n) is 8.91. The van der Waals surface area contributed by atoms with E-state index in [1.807, 2.05) is 6.92 Å². The highest BCUT2D eigenvalue weighted by Gasteiger charge is 2.04. The van der Waals surface area contributed by atoms with Crippen molar-refractivity contribution in [1.82, 2.24) is 0 Å². The molecule has 1 amide bonds. The third-order valence-corrected chi connectivity index (χ3v) is 2.03. The van der Waals surface area contributed by atoms with Crippen LogP contribution in [0.4, 0.5) is 5.69 Å². The van der Waals surface area contributed by atoms with E-state index in [9.17, 15) is 9.90 Å². The zero-order chi connectivity index (χ0) is 11.3. The second-order valence-corrected chi connectivity index (χ2v) is 3.29. The van der Waals surface area contributed by atoms with Crippen molar-refractivity contribution in [1.29, 1.82) is 0 Å². The van der Waals surface area contributed by atoms with Gasteiger partial charge in [0.25, 0.3) is 0 Å². The Morgan fingerprint density at radius 1 is 1.53 bits per heavy atom. The summed E-state index contributed by atoms with van der Waals surface area (Å²) in [6.45, 7) is 2.26. The lowest BCUT2D eigenvalue weighted by Gasteiger charge is -2.08. The monoisotopic (exact) mass is 209 g/mol. The lowest BCUT2D eigenvalue weighted by molar-refractivity contribution is -0.117. The van der Waals surface area contributed by atoms with E-state index in [0.717, 1.165) is 5.56 Å². The number of aromatic hydroxyl groups is 1. The molecule has 0 spiro atoms. The van der Waals surface area contributed by atoms with Gasteiger partial charge in [-0.2, -0.15) is 0 Å². The Bertz CT molecular complexity index is 350. The average Bonchev–Trinajstić information content (AvgIpc) is 2.20. The van der Waals surface area contributed by atoms with Gasteiger partial charge in [0.2, 0.25) is 5.91 Å². The van der Waals surface area contributed by atoms with E-state index in [4.69, 9.17) is 4.74 Å². The molecule has 2 N–H and O–H groups in total. The third kappa shape index (κ3) is 3.59. The molecule has 1 aromatic carbocycles. The summed E-state index contributed by atoms with van der Waals surface area (Å²) >= 11 is 0. The van der Waals surface area contributed by atoms with Crippen LogP contribution in [-0.2, 0) is 9.53 Å². The maximum atomic E-state index is 11.4. The maximum absolute atomic E-state index is 11.4. The SMILES string of the molecule is COCCC(=O)Nc1cc(O)ccc1C. The number of aryl methyl sites for hydroxylation is 1. The van der Waals surface area contributed by atoms with Gasteiger partial charge in [-0.25, -0.2) is 0 Å². The predicted molar refractivity (Wildman–Crippen MR) is 58.0 cm³/mol. The predicted octanol–water partition coefficient (Wildman–Crippen LogP) is 1.68. The number of hydrogen-bond donors (Lipinski definition) is 2. The molecule has 15 heavy (non-hydrogen) atoms. The normalized spacial score (nSPS) is 10.0. The minimum absolute atomic E-state index is 0.120. The highest BCUT2D eigenvalue weighted by Crippen LogP contribution is 2.20. The highest BCUT2D eigenvalue weighted by molar-refractivity contribution is 5.91. The quantitative estimate of drug-likeness (QED) is 0.793. The van der Waals surface area contributed by atoms with E-state index in [1.54, 1.807) is 19.2 Å². The lowest BCUT2D eigenvalue weighted by atomic mass is 10.2. The van der Waals surface area contributed by atoms with Crippen molar-refractivity contribution in [3.8, 4) is 5.75 Å². The summed E-state index contributed by atoms with van der Waals surface area (Å²) in [5.74, 6) is 0.0215. The van der Waals surface area contributed by atoms with Crippen molar-refractivity contribution < 1.29 is 14.6 Å². The number of ether oxygens (including phenoxy) is 1. The van der Waals surface area contributed by atoms with Gasteiger partial charge < -0.3 is 15.2 Å². The molecule has 0 aliphatic heterocycles. The van der Waals surface area contributed by atoms with Gasteiger partial charge in [-0.1, -0.05) is 6.07 Å². The molecule has 0 saturated carbocycles. The molecule has 0 aromatic heterocycles. The average molecular weight is 209 g/mol. The van der Waals surface area contributed by atoms with Crippen molar-refractivity contribution >= 4 is 11.6 Å². The van der Waals surface area contributed by atoms with Gasteiger partial charge in [0, 0.05) is 18.9 Å². The van der Waals surface area contributed by atoms with Crippen molar-refractivity contribution in [3.05, 3.63) is 23.8 Å². The molecule has 0 bridgehead atoms. The first-order chi connectivity index (χ1) is 7.13. The highest BCUT2D eigenvalue weighted by atomic mass is 16.5. The minimum Gasteiger partial charge on any atom is -0.508 e. The molecule has 0 radical (unpaired) electrons. The summed E-state index contributed by atoms with van der Waals surface area (Å²) < 4.78 is 4.79. The zero-order valence-corrected chi connectivity index (χ0v) is 8.91. The summed E-state index contributed by atoms with van der Waals surface area (Å²) in [4.78, 5) is 11.4. The molecule has 0 fully saturated rings. The minimum atomic E-state index is -0.120. The summed E-state index contributed by atoms with van der Waals surface area (Å²) in [7, 11) is 1.55. The van der Waals surface area contributed by atoms with Crippen LogP contribution in [0, 0.1) is 6.92 Å². The van der Waals surface area contributed by atoms with E-state index in [1.165, 1.54) is 6.07 Å². The Morgan fingerprint density at radius 3 is 2.93 bits per heavy atom. The number of phenols is 1. The fraction of sp³-hybridized carbons (Fsp3) is 0.364. The smallest absolute Gasteiger partial charge is 0.226 e. The summed E-state index contributed by atoms with van der Waals surface area (Å²) in [6.07, 6.45) is 0.311. The number of amides is 1. The van der Waals surface area contributed by atoms with Gasteiger partial charge >= 0.3 is 0 Å². The lowest BCUT2D eigenvalue weighted by Crippen LogP contribution is -2.14. The molecule has 4 heteroatoms.